The Balaban J connectivity index is 1.83. The molecule has 2 aromatic rings. The predicted molar refractivity (Wildman–Crippen MR) is 82.7 cm³/mol. The molecule has 1 atom stereocenters. The van der Waals surface area contributed by atoms with Crippen molar-refractivity contribution in [2.45, 2.75) is 45.1 Å². The maximum Gasteiger partial charge on any atom is 0.0790 e. The molecule has 102 valence electrons. The normalized spacial score (nSPS) is 12.8. The van der Waals surface area contributed by atoms with E-state index in [1.54, 1.807) is 11.3 Å². The second kappa shape index (κ2) is 6.88. The average molecular weight is 274 g/mol. The molecule has 1 aromatic carbocycles. The van der Waals surface area contributed by atoms with Gasteiger partial charge in [0.1, 0.15) is 0 Å². The van der Waals surface area contributed by atoms with Gasteiger partial charge in [0.2, 0.25) is 0 Å². The molecule has 0 bridgehead atoms. The first kappa shape index (κ1) is 14.3. The summed E-state index contributed by atoms with van der Waals surface area (Å²) in [5.41, 5.74) is 2.37. The van der Waals surface area contributed by atoms with E-state index in [0.29, 0.717) is 5.92 Å². The minimum Gasteiger partial charge on any atom is -0.388 e. The summed E-state index contributed by atoms with van der Waals surface area (Å²) in [6.45, 7) is 4.37. The van der Waals surface area contributed by atoms with Gasteiger partial charge >= 0.3 is 0 Å². The number of aryl methyl sites for hydroxylation is 1. The Morgan fingerprint density at radius 1 is 1.05 bits per heavy atom. The lowest BCUT2D eigenvalue weighted by atomic mass is 9.98. The van der Waals surface area contributed by atoms with Crippen LogP contribution in [-0.2, 0) is 6.42 Å². The highest BCUT2D eigenvalue weighted by Crippen LogP contribution is 2.23. The van der Waals surface area contributed by atoms with E-state index >= 15 is 0 Å². The maximum absolute atomic E-state index is 10.2. The van der Waals surface area contributed by atoms with Crippen LogP contribution in [-0.4, -0.2) is 5.11 Å². The maximum atomic E-state index is 10.2. The number of aliphatic hydroxyl groups is 1. The van der Waals surface area contributed by atoms with Gasteiger partial charge < -0.3 is 5.11 Å². The Kier molecular flexibility index (Phi) is 5.17. The zero-order valence-electron chi connectivity index (χ0n) is 11.7. The molecule has 1 unspecified atom stereocenters. The summed E-state index contributed by atoms with van der Waals surface area (Å²) < 4.78 is 0. The summed E-state index contributed by atoms with van der Waals surface area (Å²) in [6, 6.07) is 12.6. The van der Waals surface area contributed by atoms with Gasteiger partial charge in [-0.05, 0) is 47.8 Å². The fraction of sp³-hybridized carbons (Fsp3) is 0.412. The van der Waals surface area contributed by atoms with Gasteiger partial charge in [0.25, 0.3) is 0 Å². The SMILES string of the molecule is CC(C)c1ccc(C(O)CCCc2cccs2)cc1. The van der Waals surface area contributed by atoms with E-state index in [9.17, 15) is 5.11 Å². The zero-order valence-corrected chi connectivity index (χ0v) is 12.5. The van der Waals surface area contributed by atoms with Gasteiger partial charge in [-0.15, -0.1) is 11.3 Å². The van der Waals surface area contributed by atoms with Gasteiger partial charge in [-0.25, -0.2) is 0 Å². The summed E-state index contributed by atoms with van der Waals surface area (Å²) in [4.78, 5) is 1.40. The van der Waals surface area contributed by atoms with Crippen molar-refractivity contribution in [1.29, 1.82) is 0 Å². The van der Waals surface area contributed by atoms with Crippen LogP contribution in [0.2, 0.25) is 0 Å². The minimum absolute atomic E-state index is 0.332. The average Bonchev–Trinajstić information content (AvgIpc) is 2.92. The van der Waals surface area contributed by atoms with Crippen LogP contribution in [0.15, 0.2) is 41.8 Å². The van der Waals surface area contributed by atoms with E-state index in [4.69, 9.17) is 0 Å². The third-order valence-corrected chi connectivity index (χ3v) is 4.40. The second-order valence-corrected chi connectivity index (χ2v) is 6.34. The second-order valence-electron chi connectivity index (χ2n) is 5.31. The van der Waals surface area contributed by atoms with Gasteiger partial charge in [-0.3, -0.25) is 0 Å². The van der Waals surface area contributed by atoms with Crippen molar-refractivity contribution in [3.8, 4) is 0 Å². The molecule has 0 saturated carbocycles. The molecule has 0 radical (unpaired) electrons. The predicted octanol–water partition coefficient (Wildman–Crippen LogP) is 4.93. The summed E-state index contributed by atoms with van der Waals surface area (Å²) in [7, 11) is 0. The van der Waals surface area contributed by atoms with Gasteiger partial charge in [-0.1, -0.05) is 44.2 Å². The van der Waals surface area contributed by atoms with Crippen LogP contribution in [0.3, 0.4) is 0 Å². The Hall–Kier alpha value is -1.12. The molecular weight excluding hydrogens is 252 g/mol. The largest absolute Gasteiger partial charge is 0.388 e. The van der Waals surface area contributed by atoms with Gasteiger partial charge in [-0.2, -0.15) is 0 Å². The minimum atomic E-state index is -0.332. The van der Waals surface area contributed by atoms with Crippen molar-refractivity contribution in [2.24, 2.45) is 0 Å². The summed E-state index contributed by atoms with van der Waals surface area (Å²) in [5.74, 6) is 0.546. The molecule has 0 aliphatic rings. The van der Waals surface area contributed by atoms with Gasteiger partial charge in [0.05, 0.1) is 6.10 Å². The highest BCUT2D eigenvalue weighted by atomic mass is 32.1. The van der Waals surface area contributed by atoms with Crippen molar-refractivity contribution in [3.63, 3.8) is 0 Å². The van der Waals surface area contributed by atoms with Crippen LogP contribution in [0.4, 0.5) is 0 Å². The van der Waals surface area contributed by atoms with Crippen molar-refractivity contribution >= 4 is 11.3 Å². The van der Waals surface area contributed by atoms with Crippen molar-refractivity contribution in [2.75, 3.05) is 0 Å². The first-order valence-corrected chi connectivity index (χ1v) is 7.85. The molecule has 1 nitrogen and oxygen atoms in total. The quantitative estimate of drug-likeness (QED) is 0.792. The molecule has 0 aliphatic carbocycles. The van der Waals surface area contributed by atoms with Gasteiger partial charge in [0, 0.05) is 4.88 Å². The molecule has 1 heterocycles. The van der Waals surface area contributed by atoms with Gasteiger partial charge in [0.15, 0.2) is 0 Å². The number of hydrogen-bond acceptors (Lipinski definition) is 2. The lowest BCUT2D eigenvalue weighted by Gasteiger charge is -2.12. The molecule has 0 aliphatic heterocycles. The topological polar surface area (TPSA) is 20.2 Å². The Labute approximate surface area is 119 Å². The van der Waals surface area contributed by atoms with Crippen LogP contribution in [0, 0.1) is 0 Å². The summed E-state index contributed by atoms with van der Waals surface area (Å²) in [5, 5.41) is 12.3. The molecule has 1 aromatic heterocycles. The van der Waals surface area contributed by atoms with E-state index in [0.717, 1.165) is 24.8 Å². The van der Waals surface area contributed by atoms with E-state index in [1.807, 2.05) is 0 Å². The third-order valence-electron chi connectivity index (χ3n) is 3.47. The highest BCUT2D eigenvalue weighted by Gasteiger charge is 2.08. The first-order chi connectivity index (χ1) is 9.16. The number of aliphatic hydroxyl groups excluding tert-OH is 1. The highest BCUT2D eigenvalue weighted by molar-refractivity contribution is 7.09. The Morgan fingerprint density at radius 2 is 1.74 bits per heavy atom. The Bertz CT molecular complexity index is 470. The standard InChI is InChI=1S/C17H22OS/c1-13(2)14-8-10-15(11-9-14)17(18)7-3-5-16-6-4-12-19-16/h4,6,8-13,17-18H,3,5,7H2,1-2H3. The lowest BCUT2D eigenvalue weighted by Crippen LogP contribution is -1.99. The molecule has 2 rings (SSSR count). The van der Waals surface area contributed by atoms with E-state index in [2.05, 4.69) is 55.6 Å². The molecular formula is C17H22OS. The number of thiophene rings is 1. The summed E-state index contributed by atoms with van der Waals surface area (Å²) >= 11 is 1.79. The van der Waals surface area contributed by atoms with Crippen molar-refractivity contribution in [1.82, 2.24) is 0 Å². The van der Waals surface area contributed by atoms with Crippen LogP contribution in [0.5, 0.6) is 0 Å². The molecule has 19 heavy (non-hydrogen) atoms. The monoisotopic (exact) mass is 274 g/mol. The first-order valence-electron chi connectivity index (χ1n) is 6.97. The Morgan fingerprint density at radius 3 is 2.32 bits per heavy atom. The van der Waals surface area contributed by atoms with Crippen molar-refractivity contribution in [3.05, 3.63) is 57.8 Å². The molecule has 0 spiro atoms. The number of benzene rings is 1. The van der Waals surface area contributed by atoms with E-state index < -0.39 is 0 Å². The lowest BCUT2D eigenvalue weighted by molar-refractivity contribution is 0.165. The van der Waals surface area contributed by atoms with Crippen molar-refractivity contribution < 1.29 is 5.11 Å². The van der Waals surface area contributed by atoms with E-state index in [1.165, 1.54) is 10.4 Å². The van der Waals surface area contributed by atoms with Crippen LogP contribution in [0.25, 0.3) is 0 Å². The summed E-state index contributed by atoms with van der Waals surface area (Å²) in [6.07, 6.45) is 2.60. The smallest absolute Gasteiger partial charge is 0.0790 e. The van der Waals surface area contributed by atoms with Crippen LogP contribution >= 0.6 is 11.3 Å². The van der Waals surface area contributed by atoms with E-state index in [-0.39, 0.29) is 6.10 Å². The molecule has 0 fully saturated rings. The third kappa shape index (κ3) is 4.19. The molecule has 0 saturated heterocycles. The number of hydrogen-bond donors (Lipinski definition) is 1. The number of rotatable bonds is 6. The molecule has 2 heteroatoms. The van der Waals surface area contributed by atoms with Crippen LogP contribution < -0.4 is 0 Å². The molecule has 0 amide bonds. The zero-order chi connectivity index (χ0) is 13.7. The fourth-order valence-electron chi connectivity index (χ4n) is 2.19. The van der Waals surface area contributed by atoms with Crippen LogP contribution in [0.1, 0.15) is 54.7 Å². The fourth-order valence-corrected chi connectivity index (χ4v) is 2.95. The molecule has 1 N–H and O–H groups in total.